The van der Waals surface area contributed by atoms with Crippen molar-refractivity contribution in [2.45, 2.75) is 11.8 Å². The maximum absolute atomic E-state index is 13.6. The zero-order valence-corrected chi connectivity index (χ0v) is 21.3. The summed E-state index contributed by atoms with van der Waals surface area (Å²) in [6.45, 7) is 2.25. The van der Waals surface area contributed by atoms with E-state index in [4.69, 9.17) is 25.8 Å². The summed E-state index contributed by atoms with van der Waals surface area (Å²) in [6, 6.07) is 18.2. The molecule has 0 aliphatic heterocycles. The van der Waals surface area contributed by atoms with Crippen molar-refractivity contribution in [3.05, 3.63) is 82.9 Å². The van der Waals surface area contributed by atoms with Crippen LogP contribution in [0.4, 0.5) is 5.69 Å². The van der Waals surface area contributed by atoms with Gasteiger partial charge in [-0.2, -0.15) is 9.57 Å². The van der Waals surface area contributed by atoms with Gasteiger partial charge in [-0.25, -0.2) is 8.42 Å². The third-order valence-corrected chi connectivity index (χ3v) is 7.01. The number of hydrogen-bond acceptors (Lipinski definition) is 7. The lowest BCUT2D eigenvalue weighted by atomic mass is 10.1. The Bertz CT molecular complexity index is 1430. The van der Waals surface area contributed by atoms with E-state index in [0.717, 1.165) is 0 Å². The van der Waals surface area contributed by atoms with Gasteiger partial charge in [-0.15, -0.1) is 0 Å². The summed E-state index contributed by atoms with van der Waals surface area (Å²) in [6.07, 6.45) is 1.28. The van der Waals surface area contributed by atoms with Crippen LogP contribution in [0.25, 0.3) is 6.08 Å². The second kappa shape index (κ2) is 11.6. The Morgan fingerprint density at radius 1 is 1.00 bits per heavy atom. The fourth-order valence-electron chi connectivity index (χ4n) is 3.31. The van der Waals surface area contributed by atoms with E-state index in [1.807, 2.05) is 13.0 Å². The third kappa shape index (κ3) is 5.62. The standard InChI is InChI=1S/C26H23ClN2O6S/c1-4-35-24-12-10-18(15-25(24)34-3)14-19(17-28)26(30)29(20-11-13-23(33-2)22(27)16-20)36(31,32)21-8-6-5-7-9-21/h5-16H,4H2,1-3H3/b19-14+. The van der Waals surface area contributed by atoms with Gasteiger partial charge in [-0.05, 0) is 61.0 Å². The van der Waals surface area contributed by atoms with Gasteiger partial charge in [-0.1, -0.05) is 35.9 Å². The Morgan fingerprint density at radius 2 is 1.67 bits per heavy atom. The van der Waals surface area contributed by atoms with Gasteiger partial charge in [0.2, 0.25) is 0 Å². The quantitative estimate of drug-likeness (QED) is 0.282. The molecule has 0 unspecified atom stereocenters. The number of sulfonamides is 1. The average molecular weight is 527 g/mol. The van der Waals surface area contributed by atoms with Crippen molar-refractivity contribution >= 4 is 39.3 Å². The molecule has 186 valence electrons. The van der Waals surface area contributed by atoms with Gasteiger partial charge in [-0.3, -0.25) is 4.79 Å². The first-order chi connectivity index (χ1) is 17.3. The minimum absolute atomic E-state index is 0.0555. The van der Waals surface area contributed by atoms with E-state index in [2.05, 4.69) is 0 Å². The highest BCUT2D eigenvalue weighted by atomic mass is 35.5. The topological polar surface area (TPSA) is 106 Å². The molecule has 0 fully saturated rings. The van der Waals surface area contributed by atoms with Gasteiger partial charge in [0.15, 0.2) is 11.5 Å². The van der Waals surface area contributed by atoms with Crippen LogP contribution in [0, 0.1) is 11.3 Å². The summed E-state index contributed by atoms with van der Waals surface area (Å²) in [5.74, 6) is 0.118. The van der Waals surface area contributed by atoms with Crippen molar-refractivity contribution in [2.75, 3.05) is 25.1 Å². The number of rotatable bonds is 9. The van der Waals surface area contributed by atoms with Crippen LogP contribution < -0.4 is 18.5 Å². The number of halogens is 1. The highest BCUT2D eigenvalue weighted by Crippen LogP contribution is 2.34. The number of nitrogens with zero attached hydrogens (tertiary/aromatic N) is 2. The van der Waals surface area contributed by atoms with Gasteiger partial charge >= 0.3 is 0 Å². The molecule has 8 nitrogen and oxygen atoms in total. The highest BCUT2D eigenvalue weighted by Gasteiger charge is 2.33. The number of ether oxygens (including phenoxy) is 3. The molecule has 3 rings (SSSR count). The van der Waals surface area contributed by atoms with Crippen molar-refractivity contribution < 1.29 is 27.4 Å². The van der Waals surface area contributed by atoms with Gasteiger partial charge in [0.05, 0.1) is 36.4 Å². The summed E-state index contributed by atoms with van der Waals surface area (Å²) in [5.41, 5.74) is -0.0437. The molecule has 0 saturated carbocycles. The zero-order chi connectivity index (χ0) is 26.3. The molecule has 3 aromatic rings. The fourth-order valence-corrected chi connectivity index (χ4v) is 4.98. The minimum Gasteiger partial charge on any atom is -0.495 e. The van der Waals surface area contributed by atoms with E-state index in [1.54, 1.807) is 24.3 Å². The first-order valence-electron chi connectivity index (χ1n) is 10.7. The Labute approximate surface area is 214 Å². The number of amides is 1. The van der Waals surface area contributed by atoms with Gasteiger partial charge in [0.25, 0.3) is 15.9 Å². The smallest absolute Gasteiger partial charge is 0.282 e. The van der Waals surface area contributed by atoms with Crippen LogP contribution in [0.15, 0.2) is 77.2 Å². The molecule has 0 aromatic heterocycles. The van der Waals surface area contributed by atoms with E-state index < -0.39 is 21.5 Å². The van der Waals surface area contributed by atoms with E-state index in [0.29, 0.717) is 33.7 Å². The SMILES string of the molecule is CCOc1ccc(/C=C(\C#N)C(=O)N(c2ccc(OC)c(Cl)c2)S(=O)(=O)c2ccccc2)cc1OC. The lowest BCUT2D eigenvalue weighted by Crippen LogP contribution is -2.37. The number of benzene rings is 3. The van der Waals surface area contributed by atoms with E-state index in [9.17, 15) is 18.5 Å². The molecule has 0 spiro atoms. The molecule has 10 heteroatoms. The molecule has 0 atom stereocenters. The predicted molar refractivity (Wildman–Crippen MR) is 137 cm³/mol. The first-order valence-corrected chi connectivity index (χ1v) is 12.5. The molecule has 0 aliphatic carbocycles. The lowest BCUT2D eigenvalue weighted by Gasteiger charge is -2.23. The molecular weight excluding hydrogens is 504 g/mol. The molecule has 0 N–H and O–H groups in total. The number of carbonyl (C=O) groups is 1. The van der Waals surface area contributed by atoms with E-state index >= 15 is 0 Å². The summed E-state index contributed by atoms with van der Waals surface area (Å²) in [5, 5.41) is 9.92. The van der Waals surface area contributed by atoms with Crippen LogP contribution in [0.2, 0.25) is 5.02 Å². The number of methoxy groups -OCH3 is 2. The van der Waals surface area contributed by atoms with Crippen molar-refractivity contribution in [1.82, 2.24) is 0 Å². The van der Waals surface area contributed by atoms with Crippen molar-refractivity contribution in [2.24, 2.45) is 0 Å². The third-order valence-electron chi connectivity index (χ3n) is 4.99. The lowest BCUT2D eigenvalue weighted by molar-refractivity contribution is -0.113. The van der Waals surface area contributed by atoms with Crippen LogP contribution in [-0.4, -0.2) is 35.2 Å². The molecule has 36 heavy (non-hydrogen) atoms. The summed E-state index contributed by atoms with van der Waals surface area (Å²) >= 11 is 6.23. The van der Waals surface area contributed by atoms with E-state index in [-0.39, 0.29) is 15.6 Å². The molecule has 0 aliphatic rings. The fraction of sp³-hybridized carbons (Fsp3) is 0.154. The number of hydrogen-bond donors (Lipinski definition) is 0. The summed E-state index contributed by atoms with van der Waals surface area (Å²) < 4.78 is 43.7. The summed E-state index contributed by atoms with van der Waals surface area (Å²) in [7, 11) is -1.55. The second-order valence-corrected chi connectivity index (χ2v) is 9.41. The van der Waals surface area contributed by atoms with Crippen LogP contribution in [0.3, 0.4) is 0 Å². The monoisotopic (exact) mass is 526 g/mol. The number of nitriles is 1. The molecule has 0 bridgehead atoms. The predicted octanol–water partition coefficient (Wildman–Crippen LogP) is 5.08. The second-order valence-electron chi connectivity index (χ2n) is 7.22. The number of anilines is 1. The van der Waals surface area contributed by atoms with Crippen molar-refractivity contribution in [3.63, 3.8) is 0 Å². The molecule has 1 amide bonds. The van der Waals surface area contributed by atoms with Gasteiger partial charge < -0.3 is 14.2 Å². The van der Waals surface area contributed by atoms with Crippen LogP contribution in [-0.2, 0) is 14.8 Å². The van der Waals surface area contributed by atoms with E-state index in [1.165, 1.54) is 62.8 Å². The van der Waals surface area contributed by atoms with Gasteiger partial charge in [0.1, 0.15) is 17.4 Å². The molecule has 0 heterocycles. The average Bonchev–Trinajstić information content (AvgIpc) is 2.88. The largest absolute Gasteiger partial charge is 0.495 e. The number of carbonyl (C=O) groups excluding carboxylic acids is 1. The molecule has 0 radical (unpaired) electrons. The van der Waals surface area contributed by atoms with Crippen LogP contribution >= 0.6 is 11.6 Å². The normalized spacial score (nSPS) is 11.4. The summed E-state index contributed by atoms with van der Waals surface area (Å²) in [4.78, 5) is 13.5. The molecular formula is C26H23ClN2O6S. The van der Waals surface area contributed by atoms with Gasteiger partial charge in [0, 0.05) is 0 Å². The zero-order valence-electron chi connectivity index (χ0n) is 19.8. The molecule has 0 saturated heterocycles. The highest BCUT2D eigenvalue weighted by molar-refractivity contribution is 7.93. The Hall–Kier alpha value is -4.00. The maximum Gasteiger partial charge on any atom is 0.282 e. The Morgan fingerprint density at radius 3 is 2.25 bits per heavy atom. The van der Waals surface area contributed by atoms with Crippen LogP contribution in [0.5, 0.6) is 17.2 Å². The molecule has 3 aromatic carbocycles. The van der Waals surface area contributed by atoms with Crippen LogP contribution in [0.1, 0.15) is 12.5 Å². The Kier molecular flexibility index (Phi) is 8.59. The van der Waals surface area contributed by atoms with Crippen molar-refractivity contribution in [1.29, 1.82) is 5.26 Å². The van der Waals surface area contributed by atoms with Crippen molar-refractivity contribution in [3.8, 4) is 23.3 Å². The maximum atomic E-state index is 13.6. The minimum atomic E-state index is -4.42. The Balaban J connectivity index is 2.15. The first kappa shape index (κ1) is 26.6.